The van der Waals surface area contributed by atoms with Crippen molar-refractivity contribution in [2.45, 2.75) is 55.8 Å². The summed E-state index contributed by atoms with van der Waals surface area (Å²) in [5.74, 6) is 6.18. The molecule has 2 aromatic carbocycles. The Morgan fingerprint density at radius 1 is 1.02 bits per heavy atom. The molecule has 0 aliphatic carbocycles. The van der Waals surface area contributed by atoms with Gasteiger partial charge < -0.3 is 19.9 Å². The highest BCUT2D eigenvalue weighted by molar-refractivity contribution is 7.91. The summed E-state index contributed by atoms with van der Waals surface area (Å²) in [6.45, 7) is -0.203. The summed E-state index contributed by atoms with van der Waals surface area (Å²) in [5, 5.41) is 6.95. The Balaban J connectivity index is 1.36. The number of alkyl halides is 3. The van der Waals surface area contributed by atoms with Crippen molar-refractivity contribution in [3.8, 4) is 17.6 Å². The number of hydrogen-bond acceptors (Lipinski definition) is 7. The molecule has 14 heteroatoms. The van der Waals surface area contributed by atoms with Crippen molar-refractivity contribution < 1.29 is 34.7 Å². The number of halogens is 3. The predicted octanol–water partition coefficient (Wildman–Crippen LogP) is 4.84. The molecule has 0 unspecified atom stereocenters. The first-order valence-corrected chi connectivity index (χ1v) is 17.7. The third kappa shape index (κ3) is 7.44. The topological polar surface area (TPSA) is 110 Å². The fraction of sp³-hybridized carbons (Fsp3) is 0.467. The van der Waals surface area contributed by atoms with E-state index in [1.807, 2.05) is 0 Å². The summed E-state index contributed by atoms with van der Waals surface area (Å²) >= 11 is 0. The third-order valence-corrected chi connectivity index (χ3v) is 11.5. The Morgan fingerprint density at radius 3 is 2.43 bits per heavy atom. The molecule has 238 valence electrons. The van der Waals surface area contributed by atoms with Crippen molar-refractivity contribution in [2.75, 3.05) is 48.9 Å². The number of ether oxygens (including phenoxy) is 1. The Kier molecular flexibility index (Phi) is 9.38. The van der Waals surface area contributed by atoms with Gasteiger partial charge in [0.05, 0.1) is 47.0 Å². The van der Waals surface area contributed by atoms with Crippen molar-refractivity contribution in [3.63, 3.8) is 0 Å². The molecular formula is C30H35F3N4O5S2. The van der Waals surface area contributed by atoms with Crippen LogP contribution in [-0.4, -0.2) is 76.2 Å². The van der Waals surface area contributed by atoms with E-state index in [9.17, 15) is 30.0 Å². The molecule has 0 amide bonds. The van der Waals surface area contributed by atoms with Crippen LogP contribution in [0.2, 0.25) is 0 Å². The molecule has 3 aromatic rings. The van der Waals surface area contributed by atoms with Gasteiger partial charge >= 0.3 is 6.18 Å². The Bertz CT molecular complexity index is 1770. The molecule has 9 nitrogen and oxygen atoms in total. The van der Waals surface area contributed by atoms with Crippen molar-refractivity contribution in [3.05, 3.63) is 48.2 Å². The lowest BCUT2D eigenvalue weighted by Gasteiger charge is -2.26. The second-order valence-electron chi connectivity index (χ2n) is 11.0. The van der Waals surface area contributed by atoms with Gasteiger partial charge in [-0.3, -0.25) is 0 Å². The van der Waals surface area contributed by atoms with E-state index < -0.39 is 32.6 Å². The first-order chi connectivity index (χ1) is 20.9. The number of sulfonamides is 1. The Labute approximate surface area is 255 Å². The monoisotopic (exact) mass is 652 g/mol. The lowest BCUT2D eigenvalue weighted by atomic mass is 10.1. The van der Waals surface area contributed by atoms with Crippen molar-refractivity contribution in [2.24, 2.45) is 0 Å². The van der Waals surface area contributed by atoms with E-state index >= 15 is 0 Å². The predicted molar refractivity (Wildman–Crippen MR) is 164 cm³/mol. The molecule has 3 heterocycles. The van der Waals surface area contributed by atoms with Crippen LogP contribution in [0.1, 0.15) is 37.8 Å². The highest BCUT2D eigenvalue weighted by Crippen LogP contribution is 2.32. The lowest BCUT2D eigenvalue weighted by Crippen LogP contribution is -2.35. The zero-order chi connectivity index (χ0) is 31.5. The highest BCUT2D eigenvalue weighted by atomic mass is 32.2. The van der Waals surface area contributed by atoms with Crippen LogP contribution in [0.15, 0.2) is 47.4 Å². The molecule has 0 saturated carbocycles. The number of nitrogens with zero attached hydrogens (tertiary/aromatic N) is 2. The van der Waals surface area contributed by atoms with Gasteiger partial charge in [0.2, 0.25) is 10.0 Å². The average Bonchev–Trinajstić information content (AvgIpc) is 3.33. The zero-order valence-corrected chi connectivity index (χ0v) is 25.9. The average molecular weight is 653 g/mol. The van der Waals surface area contributed by atoms with Crippen molar-refractivity contribution >= 4 is 42.1 Å². The number of fused-ring (bicyclic) bond motifs is 1. The number of benzene rings is 2. The summed E-state index contributed by atoms with van der Waals surface area (Å²) in [6.07, 6.45) is -0.985. The SMILES string of the molecule is COc1cc(S(=O)(=O)N2CCCCC2)ccc1NCC#Cc1cc2c(NC3CCS(=O)(=O)CC3)cccc2n1CC(F)(F)F. The van der Waals surface area contributed by atoms with Crippen LogP contribution < -0.4 is 15.4 Å². The van der Waals surface area contributed by atoms with Gasteiger partial charge in [0.1, 0.15) is 22.1 Å². The summed E-state index contributed by atoms with van der Waals surface area (Å²) in [5.41, 5.74) is 1.66. The van der Waals surface area contributed by atoms with E-state index in [1.165, 1.54) is 23.5 Å². The zero-order valence-electron chi connectivity index (χ0n) is 24.3. The fourth-order valence-electron chi connectivity index (χ4n) is 5.62. The Hall–Kier alpha value is -3.41. The molecular weight excluding hydrogens is 617 g/mol. The van der Waals surface area contributed by atoms with Crippen LogP contribution in [-0.2, 0) is 26.4 Å². The maximum Gasteiger partial charge on any atom is 0.406 e. The van der Waals surface area contributed by atoms with E-state index in [1.54, 1.807) is 30.3 Å². The first-order valence-electron chi connectivity index (χ1n) is 14.4. The number of rotatable bonds is 8. The van der Waals surface area contributed by atoms with E-state index in [0.717, 1.165) is 23.8 Å². The molecule has 2 N–H and O–H groups in total. The van der Waals surface area contributed by atoms with Gasteiger partial charge in [0.25, 0.3) is 0 Å². The van der Waals surface area contributed by atoms with E-state index in [4.69, 9.17) is 4.74 Å². The quantitative estimate of drug-likeness (QED) is 0.336. The van der Waals surface area contributed by atoms with Gasteiger partial charge in [0.15, 0.2) is 0 Å². The van der Waals surface area contributed by atoms with Gasteiger partial charge in [-0.25, -0.2) is 16.8 Å². The number of nitrogens with one attached hydrogen (secondary N) is 2. The smallest absolute Gasteiger partial charge is 0.406 e. The number of anilines is 2. The number of methoxy groups -OCH3 is 1. The standard InChI is InChI=1S/C30H35F3N4O5S2/c1-42-29-20-24(44(40,41)36-15-3-2-4-16-36)10-11-27(29)34-14-6-7-23-19-25-26(35-22-12-17-43(38,39)18-13-22)8-5-9-28(25)37(23)21-30(31,32)33/h5,8-11,19-20,22,34-35H,2-4,12-18,21H2,1H3. The van der Waals surface area contributed by atoms with Crippen molar-refractivity contribution in [1.29, 1.82) is 0 Å². The molecule has 44 heavy (non-hydrogen) atoms. The normalized spacial score (nSPS) is 18.0. The summed E-state index contributed by atoms with van der Waals surface area (Å²) in [7, 11) is -5.28. The van der Waals surface area contributed by atoms with Crippen molar-refractivity contribution in [1.82, 2.24) is 8.87 Å². The Morgan fingerprint density at radius 2 is 1.75 bits per heavy atom. The first kappa shape index (κ1) is 32.0. The van der Waals surface area contributed by atoms with Gasteiger partial charge in [-0.1, -0.05) is 18.4 Å². The maximum absolute atomic E-state index is 13.6. The minimum absolute atomic E-state index is 0.0593. The van der Waals surface area contributed by atoms with E-state index in [2.05, 4.69) is 22.5 Å². The molecule has 0 bridgehead atoms. The minimum atomic E-state index is -4.48. The molecule has 5 rings (SSSR count). The van der Waals surface area contributed by atoms with Crippen LogP contribution in [0, 0.1) is 11.8 Å². The van der Waals surface area contributed by atoms with Crippen LogP contribution in [0.25, 0.3) is 10.9 Å². The molecule has 0 radical (unpaired) electrons. The molecule has 2 aliphatic rings. The van der Waals surface area contributed by atoms with Crippen LogP contribution in [0.4, 0.5) is 24.5 Å². The molecule has 2 saturated heterocycles. The highest BCUT2D eigenvalue weighted by Gasteiger charge is 2.31. The second kappa shape index (κ2) is 12.9. The lowest BCUT2D eigenvalue weighted by molar-refractivity contribution is -0.140. The minimum Gasteiger partial charge on any atom is -0.495 e. The number of hydrogen-bond donors (Lipinski definition) is 2. The molecule has 0 atom stereocenters. The van der Waals surface area contributed by atoms with E-state index in [0.29, 0.717) is 54.0 Å². The molecule has 2 aliphatic heterocycles. The third-order valence-electron chi connectivity index (χ3n) is 7.91. The summed E-state index contributed by atoms with van der Waals surface area (Å²) in [4.78, 5) is 0.129. The van der Waals surface area contributed by atoms with Gasteiger partial charge in [0, 0.05) is 36.3 Å². The fourth-order valence-corrected chi connectivity index (χ4v) is 8.65. The van der Waals surface area contributed by atoms with Crippen LogP contribution in [0.5, 0.6) is 5.75 Å². The maximum atomic E-state index is 13.6. The second-order valence-corrected chi connectivity index (χ2v) is 15.3. The largest absolute Gasteiger partial charge is 0.495 e. The van der Waals surface area contributed by atoms with Gasteiger partial charge in [-0.05, 0) is 61.9 Å². The van der Waals surface area contributed by atoms with E-state index in [-0.39, 0.29) is 34.7 Å². The van der Waals surface area contributed by atoms with Gasteiger partial charge in [-0.2, -0.15) is 17.5 Å². The van der Waals surface area contributed by atoms with Crippen LogP contribution in [0.3, 0.4) is 0 Å². The number of sulfone groups is 1. The number of piperidine rings is 1. The van der Waals surface area contributed by atoms with Gasteiger partial charge in [-0.15, -0.1) is 0 Å². The van der Waals surface area contributed by atoms with Crippen LogP contribution >= 0.6 is 0 Å². The summed E-state index contributed by atoms with van der Waals surface area (Å²) < 4.78 is 98.6. The number of aromatic nitrogens is 1. The molecule has 0 spiro atoms. The molecule has 1 aromatic heterocycles. The molecule has 2 fully saturated rings. The summed E-state index contributed by atoms with van der Waals surface area (Å²) in [6, 6.07) is 11.1.